The van der Waals surface area contributed by atoms with E-state index in [1.54, 1.807) is 23.0 Å². The second-order valence-corrected chi connectivity index (χ2v) is 10.5. The van der Waals surface area contributed by atoms with Gasteiger partial charge in [-0.2, -0.15) is 4.31 Å². The van der Waals surface area contributed by atoms with Gasteiger partial charge in [-0.3, -0.25) is 0 Å². The predicted molar refractivity (Wildman–Crippen MR) is 118 cm³/mol. The summed E-state index contributed by atoms with van der Waals surface area (Å²) in [6.45, 7) is 4.58. The number of sulfonamides is 1. The summed E-state index contributed by atoms with van der Waals surface area (Å²) in [5, 5.41) is 8.93. The van der Waals surface area contributed by atoms with Gasteiger partial charge < -0.3 is 4.74 Å². The van der Waals surface area contributed by atoms with Gasteiger partial charge in [0.1, 0.15) is 18.2 Å². The average Bonchev–Trinajstić information content (AvgIpc) is 3.13. The zero-order valence-corrected chi connectivity index (χ0v) is 19.4. The first-order chi connectivity index (χ1) is 15.2. The molecule has 1 aromatic heterocycles. The smallest absolute Gasteiger partial charge is 0.250 e. The van der Waals surface area contributed by atoms with Crippen molar-refractivity contribution in [2.24, 2.45) is 5.92 Å². The molecule has 0 spiro atoms. The number of aromatic nitrogens is 3. The molecule has 0 saturated carbocycles. The Kier molecular flexibility index (Phi) is 6.50. The summed E-state index contributed by atoms with van der Waals surface area (Å²) in [5.41, 5.74) is 1.45. The molecule has 0 saturated heterocycles. The molecule has 0 N–H and O–H groups in total. The molecule has 32 heavy (non-hydrogen) atoms. The largest absolute Gasteiger partial charge is 0.490 e. The molecular weight excluding hydrogens is 455 g/mol. The van der Waals surface area contributed by atoms with Crippen molar-refractivity contribution < 1.29 is 17.5 Å². The first kappa shape index (κ1) is 22.7. The second kappa shape index (κ2) is 9.17. The third-order valence-electron chi connectivity index (χ3n) is 5.24. The molecule has 10 heteroatoms. The second-order valence-electron chi connectivity index (χ2n) is 8.25. The Morgan fingerprint density at radius 1 is 1.19 bits per heavy atom. The molecule has 1 aliphatic rings. The molecule has 1 atom stereocenters. The fourth-order valence-electron chi connectivity index (χ4n) is 3.80. The number of rotatable bonds is 6. The van der Waals surface area contributed by atoms with Crippen LogP contribution in [0.5, 0.6) is 5.75 Å². The van der Waals surface area contributed by atoms with E-state index in [0.717, 1.165) is 11.6 Å². The van der Waals surface area contributed by atoms with Crippen molar-refractivity contribution in [3.05, 3.63) is 70.8 Å². The first-order valence-corrected chi connectivity index (χ1v) is 12.1. The van der Waals surface area contributed by atoms with E-state index in [1.165, 1.54) is 16.4 Å². The van der Waals surface area contributed by atoms with Crippen LogP contribution in [0.4, 0.5) is 4.39 Å². The summed E-state index contributed by atoms with van der Waals surface area (Å²) in [7, 11) is -4.16. The lowest BCUT2D eigenvalue weighted by Gasteiger charge is -2.28. The maximum atomic E-state index is 14.6. The average molecular weight is 479 g/mol. The van der Waals surface area contributed by atoms with Crippen molar-refractivity contribution in [2.75, 3.05) is 6.61 Å². The highest BCUT2D eigenvalue weighted by Gasteiger charge is 2.39. The van der Waals surface area contributed by atoms with Crippen molar-refractivity contribution in [1.82, 2.24) is 19.3 Å². The van der Waals surface area contributed by atoms with Gasteiger partial charge in [-0.25, -0.2) is 17.5 Å². The summed E-state index contributed by atoms with van der Waals surface area (Å²) in [5.74, 6) is -0.579. The number of hydrogen-bond donors (Lipinski definition) is 0. The number of fused-ring (bicyclic) bond motifs is 1. The summed E-state index contributed by atoms with van der Waals surface area (Å²) in [4.78, 5) is -0.431. The molecule has 170 valence electrons. The molecule has 0 radical (unpaired) electrons. The number of ether oxygens (including phenoxy) is 1. The Balaban J connectivity index is 1.64. The van der Waals surface area contributed by atoms with Crippen LogP contribution in [0.25, 0.3) is 0 Å². The van der Waals surface area contributed by atoms with Gasteiger partial charge in [0, 0.05) is 5.02 Å². The standard InChI is InChI=1S/C22H24ClFN4O3S/c1-15(2)10-19-14-31-21-5-3-4-20(24)22(21)32(29,30)28(19)13-18-12-27(26-25-18)11-16-6-8-17(23)9-7-16/h3-9,12,15,19H,10-11,13-14H2,1-2H3/t19-/m0/s1. The van der Waals surface area contributed by atoms with Crippen LogP contribution in [0.15, 0.2) is 53.6 Å². The minimum absolute atomic E-state index is 0.0303. The van der Waals surface area contributed by atoms with Crippen LogP contribution >= 0.6 is 11.6 Å². The molecule has 1 aliphatic heterocycles. The predicted octanol–water partition coefficient (Wildman–Crippen LogP) is 4.12. The van der Waals surface area contributed by atoms with Gasteiger partial charge >= 0.3 is 0 Å². The maximum Gasteiger partial charge on any atom is 0.250 e. The quantitative estimate of drug-likeness (QED) is 0.532. The normalized spacial score (nSPS) is 18.2. The van der Waals surface area contributed by atoms with Crippen LogP contribution in [0.3, 0.4) is 0 Å². The van der Waals surface area contributed by atoms with Crippen LogP contribution in [0, 0.1) is 11.7 Å². The Morgan fingerprint density at radius 3 is 2.66 bits per heavy atom. The molecule has 0 aliphatic carbocycles. The highest BCUT2D eigenvalue weighted by atomic mass is 35.5. The zero-order valence-electron chi connectivity index (χ0n) is 17.8. The van der Waals surface area contributed by atoms with Crippen LogP contribution in [0.2, 0.25) is 5.02 Å². The van der Waals surface area contributed by atoms with Gasteiger partial charge in [0.15, 0.2) is 4.90 Å². The highest BCUT2D eigenvalue weighted by Crippen LogP contribution is 2.35. The van der Waals surface area contributed by atoms with Crippen molar-refractivity contribution >= 4 is 21.6 Å². The minimum atomic E-state index is -4.16. The van der Waals surface area contributed by atoms with Crippen molar-refractivity contribution in [3.63, 3.8) is 0 Å². The van der Waals surface area contributed by atoms with E-state index in [9.17, 15) is 12.8 Å². The third-order valence-corrected chi connectivity index (χ3v) is 7.45. The number of nitrogens with zero attached hydrogens (tertiary/aromatic N) is 4. The lowest BCUT2D eigenvalue weighted by Crippen LogP contribution is -2.42. The van der Waals surface area contributed by atoms with Crippen LogP contribution in [0.1, 0.15) is 31.5 Å². The summed E-state index contributed by atoms with van der Waals surface area (Å²) < 4.78 is 50.3. The van der Waals surface area contributed by atoms with Gasteiger partial charge in [0.25, 0.3) is 0 Å². The number of halogens is 2. The minimum Gasteiger partial charge on any atom is -0.490 e. The molecule has 4 rings (SSSR count). The monoisotopic (exact) mass is 478 g/mol. The van der Waals surface area contributed by atoms with E-state index >= 15 is 0 Å². The van der Waals surface area contributed by atoms with Crippen LogP contribution < -0.4 is 4.74 Å². The summed E-state index contributed by atoms with van der Waals surface area (Å²) >= 11 is 5.93. The Bertz CT molecular complexity index is 1200. The van der Waals surface area contributed by atoms with Gasteiger partial charge in [-0.15, -0.1) is 5.10 Å². The highest BCUT2D eigenvalue weighted by molar-refractivity contribution is 7.89. The molecule has 0 fully saturated rings. The van der Waals surface area contributed by atoms with E-state index in [-0.39, 0.29) is 24.8 Å². The lowest BCUT2D eigenvalue weighted by atomic mass is 10.0. The maximum absolute atomic E-state index is 14.6. The van der Waals surface area contributed by atoms with Crippen LogP contribution in [-0.4, -0.2) is 40.4 Å². The summed E-state index contributed by atoms with van der Waals surface area (Å²) in [6, 6.07) is 10.9. The van der Waals surface area contributed by atoms with Gasteiger partial charge in [-0.05, 0) is 42.2 Å². The van der Waals surface area contributed by atoms with E-state index in [2.05, 4.69) is 10.3 Å². The number of hydrogen-bond acceptors (Lipinski definition) is 5. The van der Waals surface area contributed by atoms with Crippen molar-refractivity contribution in [2.45, 2.75) is 44.3 Å². The molecule has 7 nitrogen and oxygen atoms in total. The molecule has 2 aromatic carbocycles. The molecule has 3 aromatic rings. The molecule has 2 heterocycles. The van der Waals surface area contributed by atoms with Gasteiger partial charge in [0.2, 0.25) is 10.0 Å². The molecular formula is C22H24ClFN4O3S. The fraction of sp³-hybridized carbons (Fsp3) is 0.364. The van der Waals surface area contributed by atoms with Crippen molar-refractivity contribution in [1.29, 1.82) is 0 Å². The lowest BCUT2D eigenvalue weighted by molar-refractivity contribution is 0.186. The third kappa shape index (κ3) is 4.79. The Morgan fingerprint density at radius 2 is 1.94 bits per heavy atom. The molecule has 0 bridgehead atoms. The van der Waals surface area contributed by atoms with E-state index in [0.29, 0.717) is 23.7 Å². The van der Waals surface area contributed by atoms with Gasteiger partial charge in [0.05, 0.1) is 31.0 Å². The van der Waals surface area contributed by atoms with Crippen LogP contribution in [-0.2, 0) is 23.1 Å². The Hall–Kier alpha value is -2.49. The van der Waals surface area contributed by atoms with E-state index in [1.807, 2.05) is 26.0 Å². The van der Waals surface area contributed by atoms with Crippen molar-refractivity contribution in [3.8, 4) is 5.75 Å². The van der Waals surface area contributed by atoms with E-state index in [4.69, 9.17) is 16.3 Å². The zero-order chi connectivity index (χ0) is 22.9. The number of benzene rings is 2. The first-order valence-electron chi connectivity index (χ1n) is 10.3. The topological polar surface area (TPSA) is 77.3 Å². The summed E-state index contributed by atoms with van der Waals surface area (Å²) in [6.07, 6.45) is 2.26. The van der Waals surface area contributed by atoms with Gasteiger partial charge in [-0.1, -0.05) is 48.9 Å². The SMILES string of the molecule is CC(C)C[C@H]1COc2cccc(F)c2S(=O)(=O)N1Cc1cn(Cc2ccc(Cl)cc2)nn1. The molecule has 0 amide bonds. The molecule has 0 unspecified atom stereocenters. The fourth-order valence-corrected chi connectivity index (χ4v) is 5.70. The van der Waals surface area contributed by atoms with E-state index < -0.39 is 26.8 Å². The Labute approximate surface area is 191 Å².